The van der Waals surface area contributed by atoms with Gasteiger partial charge in [0.05, 0.1) is 12.6 Å². The second kappa shape index (κ2) is 5.91. The van der Waals surface area contributed by atoms with Crippen LogP contribution in [0.2, 0.25) is 0 Å². The van der Waals surface area contributed by atoms with E-state index in [4.69, 9.17) is 0 Å². The summed E-state index contributed by atoms with van der Waals surface area (Å²) in [5, 5.41) is 1.32. The molecule has 0 aliphatic rings. The van der Waals surface area contributed by atoms with E-state index in [9.17, 15) is 26.3 Å². The van der Waals surface area contributed by atoms with Crippen molar-refractivity contribution in [1.82, 2.24) is 14.5 Å². The molecule has 0 spiro atoms. The lowest BCUT2D eigenvalue weighted by Gasteiger charge is -2.09. The lowest BCUT2D eigenvalue weighted by molar-refractivity contribution is -0.690. The van der Waals surface area contributed by atoms with Crippen LogP contribution in [0.25, 0.3) is 27.6 Å². The van der Waals surface area contributed by atoms with Gasteiger partial charge in [-0.15, -0.1) is 0 Å². The average Bonchev–Trinajstić information content (AvgIpc) is 2.99. The maximum absolute atomic E-state index is 13.5. The fourth-order valence-electron chi connectivity index (χ4n) is 3.20. The largest absolute Gasteiger partial charge is 0.458 e. The van der Waals surface area contributed by atoms with E-state index in [0.29, 0.717) is 30.9 Å². The molecule has 3 heterocycles. The summed E-state index contributed by atoms with van der Waals surface area (Å²) in [5.74, 6) is -0.288. The van der Waals surface area contributed by atoms with Crippen LogP contribution in [0.3, 0.4) is 0 Å². The summed E-state index contributed by atoms with van der Waals surface area (Å²) in [4.78, 5) is 8.40. The molecule has 4 aromatic rings. The van der Waals surface area contributed by atoms with Crippen LogP contribution in [-0.4, -0.2) is 14.5 Å². The van der Waals surface area contributed by atoms with Crippen molar-refractivity contribution in [1.29, 1.82) is 0 Å². The van der Waals surface area contributed by atoms with Crippen LogP contribution in [0.4, 0.5) is 26.3 Å². The second-order valence-corrected chi connectivity index (χ2v) is 6.17. The molecule has 3 aromatic heterocycles. The molecule has 10 heteroatoms. The van der Waals surface area contributed by atoms with Gasteiger partial charge in [-0.25, -0.2) is 9.55 Å². The minimum absolute atomic E-state index is 0.288. The highest BCUT2D eigenvalue weighted by Gasteiger charge is 2.54. The zero-order valence-corrected chi connectivity index (χ0v) is 14.2. The van der Waals surface area contributed by atoms with Crippen LogP contribution in [-0.2, 0) is 19.4 Å². The Morgan fingerprint density at radius 2 is 1.50 bits per heavy atom. The van der Waals surface area contributed by atoms with E-state index >= 15 is 0 Å². The molecule has 0 radical (unpaired) electrons. The van der Waals surface area contributed by atoms with Gasteiger partial charge in [0.25, 0.3) is 17.7 Å². The highest BCUT2D eigenvalue weighted by molar-refractivity contribution is 6.02. The van der Waals surface area contributed by atoms with E-state index in [0.717, 1.165) is 13.4 Å². The molecule has 0 aliphatic carbocycles. The number of aryl methyl sites for hydroxylation is 1. The van der Waals surface area contributed by atoms with Crippen molar-refractivity contribution in [3.8, 4) is 5.82 Å². The van der Waals surface area contributed by atoms with E-state index < -0.39 is 23.7 Å². The van der Waals surface area contributed by atoms with Crippen LogP contribution < -0.4 is 4.57 Å². The van der Waals surface area contributed by atoms with Crippen LogP contribution >= 0.6 is 0 Å². The molecule has 0 aliphatic heterocycles. The molecule has 4 nitrogen and oxygen atoms in total. The Morgan fingerprint density at radius 3 is 2.14 bits per heavy atom. The number of pyridine rings is 2. The summed E-state index contributed by atoms with van der Waals surface area (Å²) >= 11 is 0. The molecule has 0 atom stereocenters. The molecule has 4 rings (SSSR count). The minimum atomic E-state index is -5.24. The number of hydrogen-bond acceptors (Lipinski definition) is 2. The first-order valence-corrected chi connectivity index (χ1v) is 7.97. The molecular weight excluding hydrogens is 386 g/mol. The summed E-state index contributed by atoms with van der Waals surface area (Å²) < 4.78 is 81.2. The molecule has 28 heavy (non-hydrogen) atoms. The van der Waals surface area contributed by atoms with E-state index in [1.165, 1.54) is 18.3 Å². The zero-order valence-electron chi connectivity index (χ0n) is 14.2. The Labute approximate surface area is 153 Å². The summed E-state index contributed by atoms with van der Waals surface area (Å²) in [7, 11) is 0.909. The second-order valence-electron chi connectivity index (χ2n) is 6.17. The van der Waals surface area contributed by atoms with Gasteiger partial charge < -0.3 is 0 Å². The van der Waals surface area contributed by atoms with E-state index in [-0.39, 0.29) is 5.82 Å². The quantitative estimate of drug-likeness (QED) is 0.271. The molecule has 0 bridgehead atoms. The topological polar surface area (TPSA) is 34.6 Å². The van der Waals surface area contributed by atoms with Gasteiger partial charge in [0.2, 0.25) is 5.82 Å². The summed E-state index contributed by atoms with van der Waals surface area (Å²) in [6.07, 6.45) is -8.19. The number of rotatable bonds is 1. The van der Waals surface area contributed by atoms with Gasteiger partial charge in [-0.3, -0.25) is 4.98 Å². The van der Waals surface area contributed by atoms with Crippen LogP contribution in [0.5, 0.6) is 0 Å². The number of benzene rings is 1. The van der Waals surface area contributed by atoms with Crippen molar-refractivity contribution in [3.05, 3.63) is 60.3 Å². The van der Waals surface area contributed by atoms with Crippen molar-refractivity contribution < 1.29 is 30.9 Å². The van der Waals surface area contributed by atoms with Crippen molar-refractivity contribution in [2.24, 2.45) is 7.05 Å². The lowest BCUT2D eigenvalue weighted by Crippen LogP contribution is -2.36. The SMILES string of the molecule is C[n+]1cn(-c2ccc3ccc4cccnc4c3n2)c(C(F)(F)F)c1C(F)(F)F. The van der Waals surface area contributed by atoms with Crippen molar-refractivity contribution in [2.75, 3.05) is 0 Å². The maximum atomic E-state index is 13.5. The van der Waals surface area contributed by atoms with Gasteiger partial charge in [-0.2, -0.15) is 30.9 Å². The number of alkyl halides is 6. The first-order chi connectivity index (χ1) is 13.1. The Hall–Kier alpha value is -3.17. The van der Waals surface area contributed by atoms with Crippen LogP contribution in [0, 0.1) is 0 Å². The molecule has 0 saturated heterocycles. The fraction of sp³-hybridized carbons (Fsp3) is 0.167. The van der Waals surface area contributed by atoms with Crippen molar-refractivity contribution in [2.45, 2.75) is 12.4 Å². The Morgan fingerprint density at radius 1 is 0.857 bits per heavy atom. The third-order valence-corrected chi connectivity index (χ3v) is 4.31. The average molecular weight is 397 g/mol. The standard InChI is InChI=1S/C18H11F6N4/c1-27-9-28(16(18(22,23)24)15(27)17(19,20)21)12-7-6-11-5-4-10-3-2-8-25-13(10)14(11)26-12/h2-9H,1H3/q+1. The minimum Gasteiger partial charge on any atom is -0.254 e. The third-order valence-electron chi connectivity index (χ3n) is 4.31. The van der Waals surface area contributed by atoms with E-state index in [1.807, 2.05) is 0 Å². The highest BCUT2D eigenvalue weighted by Crippen LogP contribution is 2.39. The predicted molar refractivity (Wildman–Crippen MR) is 87.6 cm³/mol. The molecule has 144 valence electrons. The van der Waals surface area contributed by atoms with Gasteiger partial charge in [-0.1, -0.05) is 18.2 Å². The first-order valence-electron chi connectivity index (χ1n) is 7.97. The smallest absolute Gasteiger partial charge is 0.254 e. The monoisotopic (exact) mass is 397 g/mol. The van der Waals surface area contributed by atoms with Crippen LogP contribution in [0.15, 0.2) is 48.9 Å². The molecule has 1 aromatic carbocycles. The summed E-state index contributed by atoms with van der Waals surface area (Å²) in [6, 6.07) is 9.70. The van der Waals surface area contributed by atoms with Gasteiger partial charge in [0, 0.05) is 23.0 Å². The Balaban J connectivity index is 2.04. The zero-order chi connectivity index (χ0) is 20.3. The number of fused-ring (bicyclic) bond motifs is 3. The molecule has 0 unspecified atom stereocenters. The highest BCUT2D eigenvalue weighted by atomic mass is 19.4. The Kier molecular flexibility index (Phi) is 3.84. The lowest BCUT2D eigenvalue weighted by atomic mass is 10.1. The molecule has 0 fully saturated rings. The van der Waals surface area contributed by atoms with Gasteiger partial charge in [0.15, 0.2) is 0 Å². The maximum Gasteiger partial charge on any atom is 0.458 e. The molecule has 0 amide bonds. The number of aromatic nitrogens is 4. The predicted octanol–water partition coefficient (Wildman–Crippen LogP) is 4.44. The fourth-order valence-corrected chi connectivity index (χ4v) is 3.20. The first kappa shape index (κ1) is 18.2. The van der Waals surface area contributed by atoms with Crippen molar-refractivity contribution in [3.63, 3.8) is 0 Å². The molecule has 0 N–H and O–H groups in total. The third kappa shape index (κ3) is 2.85. The van der Waals surface area contributed by atoms with Gasteiger partial charge >= 0.3 is 12.4 Å². The number of halogens is 6. The summed E-state index contributed by atoms with van der Waals surface area (Å²) in [6.45, 7) is 0. The number of nitrogens with zero attached hydrogens (tertiary/aromatic N) is 4. The van der Waals surface area contributed by atoms with E-state index in [2.05, 4.69) is 9.97 Å². The van der Waals surface area contributed by atoms with E-state index in [1.54, 1.807) is 24.3 Å². The summed E-state index contributed by atoms with van der Waals surface area (Å²) in [5.41, 5.74) is -2.88. The number of imidazole rings is 1. The molecular formula is C18H11F6N4+. The number of hydrogen-bond donors (Lipinski definition) is 0. The van der Waals surface area contributed by atoms with Gasteiger partial charge in [-0.05, 0) is 12.1 Å². The normalized spacial score (nSPS) is 12.8. The van der Waals surface area contributed by atoms with Gasteiger partial charge in [0.1, 0.15) is 5.52 Å². The Bertz CT molecular complexity index is 1210. The van der Waals surface area contributed by atoms with Crippen molar-refractivity contribution >= 4 is 21.8 Å². The van der Waals surface area contributed by atoms with Crippen LogP contribution in [0.1, 0.15) is 11.4 Å². The molecule has 0 saturated carbocycles.